The highest BCUT2D eigenvalue weighted by atomic mass is 32.2. The van der Waals surface area contributed by atoms with Crippen LogP contribution in [0.25, 0.3) is 0 Å². The minimum atomic E-state index is -0.475. The lowest BCUT2D eigenvalue weighted by atomic mass is 9.71. The third kappa shape index (κ3) is 4.88. The maximum absolute atomic E-state index is 12.3. The second-order valence-electron chi connectivity index (χ2n) is 7.70. The summed E-state index contributed by atoms with van der Waals surface area (Å²) in [5, 5.41) is 10.7. The number of fused-ring (bicyclic) bond motifs is 1. The molecule has 1 amide bonds. The number of amides is 1. The van der Waals surface area contributed by atoms with Gasteiger partial charge in [-0.15, -0.1) is 0 Å². The molecule has 0 spiro atoms. The lowest BCUT2D eigenvalue weighted by Gasteiger charge is -2.47. The number of piperidine rings is 1. The molecule has 21 heavy (non-hydrogen) atoms. The molecule has 0 aromatic carbocycles. The Morgan fingerprint density at radius 3 is 2.81 bits per heavy atom. The molecule has 1 heterocycles. The molecule has 0 radical (unpaired) electrons. The van der Waals surface area contributed by atoms with Crippen molar-refractivity contribution in [3.8, 4) is 0 Å². The molecule has 0 aromatic rings. The van der Waals surface area contributed by atoms with Crippen LogP contribution in [0.3, 0.4) is 0 Å². The summed E-state index contributed by atoms with van der Waals surface area (Å²) in [4.78, 5) is 14.3. The molecule has 3 nitrogen and oxygen atoms in total. The standard InChI is InChI=1S/C17H31NO2S/c1-16(2,3)21-12-6-8-15(19)18-11-10-17(20)9-5-4-7-14(17)13-18/h14,20H,4-13H2,1-3H3. The lowest BCUT2D eigenvalue weighted by Crippen LogP contribution is -2.54. The van der Waals surface area contributed by atoms with Crippen LogP contribution in [0.4, 0.5) is 0 Å². The Hall–Kier alpha value is -0.220. The van der Waals surface area contributed by atoms with Gasteiger partial charge in [-0.3, -0.25) is 4.79 Å². The topological polar surface area (TPSA) is 40.5 Å². The van der Waals surface area contributed by atoms with Gasteiger partial charge in [0.25, 0.3) is 0 Å². The van der Waals surface area contributed by atoms with Crippen molar-refractivity contribution in [1.29, 1.82) is 0 Å². The highest BCUT2D eigenvalue weighted by molar-refractivity contribution is 8.00. The van der Waals surface area contributed by atoms with E-state index in [2.05, 4.69) is 20.8 Å². The summed E-state index contributed by atoms with van der Waals surface area (Å²) in [7, 11) is 0. The van der Waals surface area contributed by atoms with E-state index in [1.165, 1.54) is 6.42 Å². The summed E-state index contributed by atoms with van der Waals surface area (Å²) in [5.41, 5.74) is -0.475. The van der Waals surface area contributed by atoms with Crippen LogP contribution in [0.2, 0.25) is 0 Å². The number of hydrogen-bond donors (Lipinski definition) is 1. The fourth-order valence-electron chi connectivity index (χ4n) is 3.56. The second kappa shape index (κ2) is 6.91. The van der Waals surface area contributed by atoms with Crippen molar-refractivity contribution in [2.45, 2.75) is 76.1 Å². The number of hydrogen-bond acceptors (Lipinski definition) is 3. The molecule has 1 saturated heterocycles. The minimum Gasteiger partial charge on any atom is -0.389 e. The van der Waals surface area contributed by atoms with Crippen LogP contribution < -0.4 is 0 Å². The van der Waals surface area contributed by atoms with E-state index in [4.69, 9.17) is 0 Å². The van der Waals surface area contributed by atoms with Gasteiger partial charge in [-0.2, -0.15) is 11.8 Å². The maximum Gasteiger partial charge on any atom is 0.222 e. The van der Waals surface area contributed by atoms with Gasteiger partial charge in [0.15, 0.2) is 0 Å². The average molecular weight is 314 g/mol. The van der Waals surface area contributed by atoms with Crippen molar-refractivity contribution in [1.82, 2.24) is 4.90 Å². The van der Waals surface area contributed by atoms with E-state index < -0.39 is 5.60 Å². The number of likely N-dealkylation sites (tertiary alicyclic amines) is 1. The van der Waals surface area contributed by atoms with E-state index in [-0.39, 0.29) is 10.7 Å². The molecule has 4 heteroatoms. The SMILES string of the molecule is CC(C)(C)SCCCC(=O)N1CCC2(O)CCCCC2C1. The third-order valence-electron chi connectivity index (χ3n) is 4.85. The zero-order chi connectivity index (χ0) is 15.5. The van der Waals surface area contributed by atoms with Crippen molar-refractivity contribution in [2.75, 3.05) is 18.8 Å². The maximum atomic E-state index is 12.3. The van der Waals surface area contributed by atoms with Gasteiger partial charge < -0.3 is 10.0 Å². The van der Waals surface area contributed by atoms with Gasteiger partial charge >= 0.3 is 0 Å². The zero-order valence-electron chi connectivity index (χ0n) is 13.9. The number of nitrogens with zero attached hydrogens (tertiary/aromatic N) is 1. The molecule has 1 aliphatic carbocycles. The Morgan fingerprint density at radius 2 is 2.10 bits per heavy atom. The van der Waals surface area contributed by atoms with Crippen LogP contribution >= 0.6 is 11.8 Å². The van der Waals surface area contributed by atoms with E-state index in [1.807, 2.05) is 16.7 Å². The highest BCUT2D eigenvalue weighted by Crippen LogP contribution is 2.39. The largest absolute Gasteiger partial charge is 0.389 e. The van der Waals surface area contributed by atoms with Gasteiger partial charge in [0.05, 0.1) is 5.60 Å². The molecule has 0 aromatic heterocycles. The zero-order valence-corrected chi connectivity index (χ0v) is 14.7. The number of thioether (sulfide) groups is 1. The van der Waals surface area contributed by atoms with E-state index in [0.29, 0.717) is 12.3 Å². The number of carbonyl (C=O) groups excluding carboxylic acids is 1. The van der Waals surface area contributed by atoms with Crippen molar-refractivity contribution < 1.29 is 9.90 Å². The average Bonchev–Trinajstić information content (AvgIpc) is 2.41. The van der Waals surface area contributed by atoms with Crippen LogP contribution in [-0.4, -0.2) is 45.1 Å². The number of aliphatic hydroxyl groups is 1. The van der Waals surface area contributed by atoms with Gasteiger partial charge in [0, 0.05) is 30.2 Å². The molecule has 2 atom stereocenters. The Labute approximate surface area is 133 Å². The monoisotopic (exact) mass is 313 g/mol. The predicted octanol–water partition coefficient (Wildman–Crippen LogP) is 3.45. The fourth-order valence-corrected chi connectivity index (χ4v) is 4.46. The number of carbonyl (C=O) groups is 1. The molecule has 122 valence electrons. The quantitative estimate of drug-likeness (QED) is 0.808. The van der Waals surface area contributed by atoms with Crippen molar-refractivity contribution in [3.05, 3.63) is 0 Å². The molecular weight excluding hydrogens is 282 g/mol. The highest BCUT2D eigenvalue weighted by Gasteiger charge is 2.43. The third-order valence-corrected chi connectivity index (χ3v) is 6.21. The molecule has 1 N–H and O–H groups in total. The molecule has 2 aliphatic rings. The summed E-state index contributed by atoms with van der Waals surface area (Å²) in [6.07, 6.45) is 6.77. The van der Waals surface area contributed by atoms with Gasteiger partial charge in [0.2, 0.25) is 5.91 Å². The van der Waals surface area contributed by atoms with E-state index >= 15 is 0 Å². The van der Waals surface area contributed by atoms with Crippen molar-refractivity contribution >= 4 is 17.7 Å². The molecule has 0 bridgehead atoms. The summed E-state index contributed by atoms with van der Waals surface area (Å²) in [5.74, 6) is 1.65. The summed E-state index contributed by atoms with van der Waals surface area (Å²) >= 11 is 1.93. The van der Waals surface area contributed by atoms with Crippen molar-refractivity contribution in [2.24, 2.45) is 5.92 Å². The predicted molar refractivity (Wildman–Crippen MR) is 89.5 cm³/mol. The van der Waals surface area contributed by atoms with Crippen LogP contribution in [0.1, 0.15) is 65.7 Å². The van der Waals surface area contributed by atoms with E-state index in [9.17, 15) is 9.90 Å². The van der Waals surface area contributed by atoms with Gasteiger partial charge in [-0.05, 0) is 31.4 Å². The Kier molecular flexibility index (Phi) is 5.64. The molecule has 1 saturated carbocycles. The molecule has 2 fully saturated rings. The molecule has 1 aliphatic heterocycles. The van der Waals surface area contributed by atoms with Crippen LogP contribution in [0.5, 0.6) is 0 Å². The first-order chi connectivity index (χ1) is 9.80. The molecule has 2 rings (SSSR count). The summed E-state index contributed by atoms with van der Waals surface area (Å²) < 4.78 is 0.284. The second-order valence-corrected chi connectivity index (χ2v) is 9.62. The minimum absolute atomic E-state index is 0.284. The van der Waals surface area contributed by atoms with Gasteiger partial charge in [0.1, 0.15) is 0 Å². The van der Waals surface area contributed by atoms with Gasteiger partial charge in [-0.25, -0.2) is 0 Å². The Balaban J connectivity index is 1.74. The van der Waals surface area contributed by atoms with Crippen LogP contribution in [0.15, 0.2) is 0 Å². The van der Waals surface area contributed by atoms with Crippen LogP contribution in [-0.2, 0) is 4.79 Å². The lowest BCUT2D eigenvalue weighted by molar-refractivity contribution is -0.143. The fraction of sp³-hybridized carbons (Fsp3) is 0.941. The summed E-state index contributed by atoms with van der Waals surface area (Å²) in [6, 6.07) is 0. The normalized spacial score (nSPS) is 30.1. The van der Waals surface area contributed by atoms with Gasteiger partial charge in [-0.1, -0.05) is 33.6 Å². The molecule has 2 unspecified atom stereocenters. The Morgan fingerprint density at radius 1 is 1.33 bits per heavy atom. The first kappa shape index (κ1) is 17.1. The first-order valence-electron chi connectivity index (χ1n) is 8.44. The Bertz CT molecular complexity index is 366. The summed E-state index contributed by atoms with van der Waals surface area (Å²) in [6.45, 7) is 8.18. The van der Waals surface area contributed by atoms with Crippen molar-refractivity contribution in [3.63, 3.8) is 0 Å². The van der Waals surface area contributed by atoms with E-state index in [1.54, 1.807) is 0 Å². The smallest absolute Gasteiger partial charge is 0.222 e. The number of rotatable bonds is 4. The first-order valence-corrected chi connectivity index (χ1v) is 9.43. The molecular formula is C17H31NO2S. The van der Waals surface area contributed by atoms with E-state index in [0.717, 1.165) is 50.9 Å². The van der Waals surface area contributed by atoms with Crippen LogP contribution in [0, 0.1) is 5.92 Å².